The second kappa shape index (κ2) is 8.07. The Kier molecular flexibility index (Phi) is 6.09. The Balaban J connectivity index is 2.11. The van der Waals surface area contributed by atoms with E-state index in [1.54, 1.807) is 44.4 Å². The van der Waals surface area contributed by atoms with Gasteiger partial charge in [0.25, 0.3) is 11.1 Å². The molecule has 25 heavy (non-hydrogen) atoms. The van der Waals surface area contributed by atoms with Gasteiger partial charge in [0.1, 0.15) is 5.75 Å². The van der Waals surface area contributed by atoms with Crippen LogP contribution >= 0.6 is 11.8 Å². The van der Waals surface area contributed by atoms with E-state index < -0.39 is 0 Å². The van der Waals surface area contributed by atoms with Crippen LogP contribution in [0, 0.1) is 0 Å². The highest BCUT2D eigenvalue weighted by atomic mass is 32.2. The van der Waals surface area contributed by atoms with E-state index in [4.69, 9.17) is 0 Å². The summed E-state index contributed by atoms with van der Waals surface area (Å²) in [6, 6.07) is 12.0. The molecule has 2 aromatic rings. The maximum absolute atomic E-state index is 12.4. The van der Waals surface area contributed by atoms with E-state index in [0.29, 0.717) is 5.69 Å². The summed E-state index contributed by atoms with van der Waals surface area (Å²) in [5.41, 5.74) is 1.82. The highest BCUT2D eigenvalue weighted by Crippen LogP contribution is 2.25. The molecule has 132 valence electrons. The number of hydrogen-bond acceptors (Lipinski definition) is 4. The maximum atomic E-state index is 12.4. The number of nitrogens with one attached hydrogen (secondary N) is 1. The quantitative estimate of drug-likeness (QED) is 0.787. The molecule has 0 spiro atoms. The molecule has 2 rings (SSSR count). The number of benzene rings is 2. The van der Waals surface area contributed by atoms with E-state index in [2.05, 4.69) is 5.32 Å². The fourth-order valence-corrected chi connectivity index (χ4v) is 2.75. The van der Waals surface area contributed by atoms with Crippen LogP contribution in [0.1, 0.15) is 35.7 Å². The van der Waals surface area contributed by atoms with Crippen molar-refractivity contribution in [2.75, 3.05) is 19.4 Å². The number of aromatic hydroxyl groups is 1. The van der Waals surface area contributed by atoms with E-state index in [1.807, 2.05) is 19.9 Å². The van der Waals surface area contributed by atoms with Crippen LogP contribution in [-0.4, -0.2) is 35.2 Å². The van der Waals surface area contributed by atoms with Crippen LogP contribution < -0.4 is 5.32 Å². The third-order valence-corrected chi connectivity index (χ3v) is 4.66. The number of hydrogen-bond donors (Lipinski definition) is 2. The molecule has 0 atom stereocenters. The minimum Gasteiger partial charge on any atom is -0.507 e. The monoisotopic (exact) mass is 358 g/mol. The van der Waals surface area contributed by atoms with Crippen LogP contribution in [0.3, 0.4) is 0 Å². The number of rotatable bonds is 4. The van der Waals surface area contributed by atoms with Crippen molar-refractivity contribution in [3.63, 3.8) is 0 Å². The van der Waals surface area contributed by atoms with Gasteiger partial charge in [0, 0.05) is 24.7 Å². The zero-order valence-electron chi connectivity index (χ0n) is 14.7. The SMILES string of the molecule is CC(C)c1ccc(O)c(C(=O)Nc2ccc(SC(=O)N(C)C)cc2)c1. The first kappa shape index (κ1) is 18.9. The highest BCUT2D eigenvalue weighted by Gasteiger charge is 2.14. The molecule has 0 radical (unpaired) electrons. The summed E-state index contributed by atoms with van der Waals surface area (Å²) in [5, 5.41) is 12.7. The van der Waals surface area contributed by atoms with Crippen LogP contribution in [0.5, 0.6) is 5.75 Å². The normalized spacial score (nSPS) is 10.6. The van der Waals surface area contributed by atoms with E-state index in [9.17, 15) is 14.7 Å². The first-order valence-electron chi connectivity index (χ1n) is 7.91. The van der Waals surface area contributed by atoms with Gasteiger partial charge in [0.2, 0.25) is 0 Å². The molecule has 0 bridgehead atoms. The van der Waals surface area contributed by atoms with Crippen LogP contribution in [0.25, 0.3) is 0 Å². The van der Waals surface area contributed by atoms with Gasteiger partial charge in [-0.1, -0.05) is 19.9 Å². The number of nitrogens with zero attached hydrogens (tertiary/aromatic N) is 1. The molecule has 0 aliphatic carbocycles. The summed E-state index contributed by atoms with van der Waals surface area (Å²) in [7, 11) is 3.39. The number of thioether (sulfide) groups is 1. The third kappa shape index (κ3) is 5.00. The smallest absolute Gasteiger partial charge is 0.285 e. The van der Waals surface area contributed by atoms with Gasteiger partial charge in [-0.25, -0.2) is 0 Å². The predicted molar refractivity (Wildman–Crippen MR) is 102 cm³/mol. The van der Waals surface area contributed by atoms with Gasteiger partial charge in [-0.15, -0.1) is 0 Å². The Labute approximate surface area is 152 Å². The molecule has 0 aliphatic heterocycles. The summed E-state index contributed by atoms with van der Waals surface area (Å²) in [4.78, 5) is 26.4. The van der Waals surface area contributed by atoms with Gasteiger partial charge in [-0.2, -0.15) is 0 Å². The van der Waals surface area contributed by atoms with Crippen molar-refractivity contribution in [1.82, 2.24) is 4.90 Å². The van der Waals surface area contributed by atoms with Gasteiger partial charge in [-0.05, 0) is 59.6 Å². The number of carbonyl (C=O) groups is 2. The molecular weight excluding hydrogens is 336 g/mol. The molecule has 5 nitrogen and oxygen atoms in total. The van der Waals surface area contributed by atoms with Gasteiger partial charge in [0.05, 0.1) is 5.56 Å². The summed E-state index contributed by atoms with van der Waals surface area (Å²) in [5.74, 6) is -0.159. The fourth-order valence-electron chi connectivity index (χ4n) is 2.09. The summed E-state index contributed by atoms with van der Waals surface area (Å²) in [6.45, 7) is 4.05. The highest BCUT2D eigenvalue weighted by molar-refractivity contribution is 8.13. The molecule has 6 heteroatoms. The van der Waals surface area contributed by atoms with E-state index >= 15 is 0 Å². The lowest BCUT2D eigenvalue weighted by Crippen LogP contribution is -2.16. The van der Waals surface area contributed by atoms with Gasteiger partial charge < -0.3 is 15.3 Å². The Morgan fingerprint density at radius 3 is 2.28 bits per heavy atom. The molecular formula is C19H22N2O3S. The van der Waals surface area contributed by atoms with E-state index in [0.717, 1.165) is 22.2 Å². The van der Waals surface area contributed by atoms with Crippen molar-refractivity contribution in [3.8, 4) is 5.75 Å². The maximum Gasteiger partial charge on any atom is 0.285 e. The zero-order chi connectivity index (χ0) is 18.6. The minimum atomic E-state index is -0.371. The van der Waals surface area contributed by atoms with Crippen molar-refractivity contribution in [1.29, 1.82) is 0 Å². The number of carbonyl (C=O) groups excluding carboxylic acids is 2. The summed E-state index contributed by atoms with van der Waals surface area (Å²) < 4.78 is 0. The Morgan fingerprint density at radius 2 is 1.72 bits per heavy atom. The lowest BCUT2D eigenvalue weighted by molar-refractivity contribution is 0.102. The minimum absolute atomic E-state index is 0.0503. The average Bonchev–Trinajstić information content (AvgIpc) is 2.56. The number of amides is 2. The molecule has 2 N–H and O–H groups in total. The van der Waals surface area contributed by atoms with Crippen LogP contribution in [0.15, 0.2) is 47.4 Å². The number of phenols is 1. The van der Waals surface area contributed by atoms with Gasteiger partial charge in [0.15, 0.2) is 0 Å². The van der Waals surface area contributed by atoms with Crippen molar-refractivity contribution in [2.24, 2.45) is 0 Å². The molecule has 0 unspecified atom stereocenters. The fraction of sp³-hybridized carbons (Fsp3) is 0.263. The first-order valence-corrected chi connectivity index (χ1v) is 8.73. The standard InChI is InChI=1S/C19H22N2O3S/c1-12(2)13-5-10-17(22)16(11-13)18(23)20-14-6-8-15(9-7-14)25-19(24)21(3)4/h5-12,22H,1-4H3,(H,20,23). The van der Waals surface area contributed by atoms with Crippen molar-refractivity contribution >= 4 is 28.6 Å². The van der Waals surface area contributed by atoms with Crippen molar-refractivity contribution < 1.29 is 14.7 Å². The van der Waals surface area contributed by atoms with Crippen molar-refractivity contribution in [3.05, 3.63) is 53.6 Å². The Morgan fingerprint density at radius 1 is 1.08 bits per heavy atom. The first-order chi connectivity index (χ1) is 11.8. The second-order valence-electron chi connectivity index (χ2n) is 6.17. The van der Waals surface area contributed by atoms with Crippen molar-refractivity contribution in [2.45, 2.75) is 24.7 Å². The molecule has 0 aliphatic rings. The summed E-state index contributed by atoms with van der Waals surface area (Å²) in [6.07, 6.45) is 0. The topological polar surface area (TPSA) is 69.6 Å². The Hall–Kier alpha value is -2.47. The molecule has 0 heterocycles. The average molecular weight is 358 g/mol. The van der Waals surface area contributed by atoms with E-state index in [1.165, 1.54) is 11.0 Å². The third-order valence-electron chi connectivity index (χ3n) is 3.61. The zero-order valence-corrected chi connectivity index (χ0v) is 15.6. The number of anilines is 1. The van der Waals surface area contributed by atoms with Crippen LogP contribution in [0.2, 0.25) is 0 Å². The molecule has 2 aromatic carbocycles. The molecule has 0 aromatic heterocycles. The van der Waals surface area contributed by atoms with Gasteiger partial charge in [-0.3, -0.25) is 9.59 Å². The number of phenolic OH excluding ortho intramolecular Hbond substituents is 1. The molecule has 0 fully saturated rings. The lowest BCUT2D eigenvalue weighted by Gasteiger charge is -2.12. The second-order valence-corrected chi connectivity index (χ2v) is 7.20. The molecule has 0 saturated heterocycles. The van der Waals surface area contributed by atoms with Crippen LogP contribution in [0.4, 0.5) is 10.5 Å². The lowest BCUT2D eigenvalue weighted by atomic mass is 10.00. The Bertz CT molecular complexity index is 771. The molecule has 2 amide bonds. The van der Waals surface area contributed by atoms with Crippen LogP contribution in [-0.2, 0) is 0 Å². The summed E-state index contributed by atoms with van der Waals surface area (Å²) >= 11 is 1.12. The predicted octanol–water partition coefficient (Wildman–Crippen LogP) is 4.54. The molecule has 0 saturated carbocycles. The van der Waals surface area contributed by atoms with Gasteiger partial charge >= 0.3 is 0 Å². The largest absolute Gasteiger partial charge is 0.507 e. The van der Waals surface area contributed by atoms with E-state index in [-0.39, 0.29) is 28.4 Å².